The smallest absolute Gasteiger partial charge is 0.309 e. The second-order valence-electron chi connectivity index (χ2n) is 6.17. The fourth-order valence-electron chi connectivity index (χ4n) is 2.87. The number of piperidine rings is 1. The Morgan fingerprint density at radius 2 is 1.95 bits per heavy atom. The molecule has 1 aliphatic rings. The first-order valence-electron chi connectivity index (χ1n) is 7.65. The van der Waals surface area contributed by atoms with E-state index in [1.54, 1.807) is 0 Å². The number of aliphatic hydroxyl groups excluding tert-OH is 1. The summed E-state index contributed by atoms with van der Waals surface area (Å²) in [4.78, 5) is 13.6. The molecule has 1 rings (SSSR count). The molecule has 5 heteroatoms. The highest BCUT2D eigenvalue weighted by Gasteiger charge is 2.40. The number of nitrogens with zero attached hydrogens (tertiary/aromatic N) is 1. The van der Waals surface area contributed by atoms with Crippen molar-refractivity contribution in [2.75, 3.05) is 26.2 Å². The van der Waals surface area contributed by atoms with Crippen LogP contribution in [0.5, 0.6) is 0 Å². The number of carboxylic acid groups (broad SMARTS) is 1. The summed E-state index contributed by atoms with van der Waals surface area (Å²) in [7, 11) is 0. The van der Waals surface area contributed by atoms with E-state index in [-0.39, 0.29) is 6.10 Å². The second kappa shape index (κ2) is 7.96. The van der Waals surface area contributed by atoms with Crippen LogP contribution in [-0.4, -0.2) is 59.5 Å². The molecule has 0 bridgehead atoms. The van der Waals surface area contributed by atoms with Gasteiger partial charge in [-0.1, -0.05) is 13.3 Å². The highest BCUT2D eigenvalue weighted by atomic mass is 16.5. The highest BCUT2D eigenvalue weighted by molar-refractivity contribution is 5.74. The number of hydrogen-bond acceptors (Lipinski definition) is 4. The first-order chi connectivity index (χ1) is 9.39. The summed E-state index contributed by atoms with van der Waals surface area (Å²) < 4.78 is 5.39. The van der Waals surface area contributed by atoms with Crippen molar-refractivity contribution in [2.45, 2.75) is 58.7 Å². The van der Waals surface area contributed by atoms with Gasteiger partial charge in [-0.2, -0.15) is 0 Å². The van der Waals surface area contributed by atoms with E-state index >= 15 is 0 Å². The molecular formula is C15H29NO4. The number of β-amino-alcohol motifs (C(OH)–C–C–N with tert-alkyl or cyclic N) is 1. The van der Waals surface area contributed by atoms with Gasteiger partial charge in [0.25, 0.3) is 0 Å². The number of rotatable bonds is 8. The number of carboxylic acids is 1. The van der Waals surface area contributed by atoms with Crippen LogP contribution >= 0.6 is 0 Å². The molecule has 0 radical (unpaired) electrons. The number of aliphatic hydroxyl groups is 1. The van der Waals surface area contributed by atoms with Gasteiger partial charge in [-0.25, -0.2) is 0 Å². The third-order valence-electron chi connectivity index (χ3n) is 4.09. The van der Waals surface area contributed by atoms with Crippen LogP contribution in [0.25, 0.3) is 0 Å². The second-order valence-corrected chi connectivity index (χ2v) is 6.17. The van der Waals surface area contributed by atoms with Gasteiger partial charge in [0, 0.05) is 6.54 Å². The van der Waals surface area contributed by atoms with Crippen LogP contribution in [0.15, 0.2) is 0 Å². The topological polar surface area (TPSA) is 70.0 Å². The predicted octanol–water partition coefficient (Wildman–Crippen LogP) is 1.74. The summed E-state index contributed by atoms with van der Waals surface area (Å²) in [5, 5.41) is 19.4. The molecule has 0 aromatic carbocycles. The van der Waals surface area contributed by atoms with Crippen molar-refractivity contribution in [2.24, 2.45) is 5.41 Å². The standard InChI is InChI=1S/C15H29NO4/c1-4-5-15(14(18)19)6-8-16(9-7-15)10-13(17)11-20-12(2)3/h12-13,17H,4-11H2,1-3H3,(H,18,19). The molecule has 0 spiro atoms. The summed E-state index contributed by atoms with van der Waals surface area (Å²) in [6.07, 6.45) is 2.62. The van der Waals surface area contributed by atoms with Crippen LogP contribution in [0.3, 0.4) is 0 Å². The van der Waals surface area contributed by atoms with Crippen LogP contribution < -0.4 is 0 Å². The Balaban J connectivity index is 2.39. The molecular weight excluding hydrogens is 258 g/mol. The monoisotopic (exact) mass is 287 g/mol. The van der Waals surface area contributed by atoms with Crippen molar-refractivity contribution >= 4 is 5.97 Å². The van der Waals surface area contributed by atoms with Gasteiger partial charge in [-0.15, -0.1) is 0 Å². The molecule has 1 fully saturated rings. The molecule has 5 nitrogen and oxygen atoms in total. The van der Waals surface area contributed by atoms with E-state index < -0.39 is 17.5 Å². The van der Waals surface area contributed by atoms with E-state index in [9.17, 15) is 15.0 Å². The highest BCUT2D eigenvalue weighted by Crippen LogP contribution is 2.36. The minimum absolute atomic E-state index is 0.121. The average molecular weight is 287 g/mol. The average Bonchev–Trinajstić information content (AvgIpc) is 2.39. The van der Waals surface area contributed by atoms with E-state index in [1.807, 2.05) is 20.8 Å². The van der Waals surface area contributed by atoms with E-state index in [2.05, 4.69) is 4.90 Å². The lowest BCUT2D eigenvalue weighted by molar-refractivity contribution is -0.153. The van der Waals surface area contributed by atoms with E-state index in [4.69, 9.17) is 4.74 Å². The molecule has 1 atom stereocenters. The zero-order chi connectivity index (χ0) is 15.2. The lowest BCUT2D eigenvalue weighted by Crippen LogP contribution is -2.47. The first-order valence-corrected chi connectivity index (χ1v) is 7.65. The van der Waals surface area contributed by atoms with Gasteiger partial charge >= 0.3 is 5.97 Å². The lowest BCUT2D eigenvalue weighted by atomic mass is 9.75. The summed E-state index contributed by atoms with van der Waals surface area (Å²) in [6.45, 7) is 8.31. The Morgan fingerprint density at radius 1 is 1.35 bits per heavy atom. The van der Waals surface area contributed by atoms with Crippen LogP contribution in [0, 0.1) is 5.41 Å². The normalized spacial score (nSPS) is 21.1. The summed E-state index contributed by atoms with van der Waals surface area (Å²) in [5.41, 5.74) is -0.551. The Labute approximate surface area is 121 Å². The molecule has 118 valence electrons. The van der Waals surface area contributed by atoms with Crippen LogP contribution in [0.2, 0.25) is 0 Å². The third-order valence-corrected chi connectivity index (χ3v) is 4.09. The van der Waals surface area contributed by atoms with Gasteiger partial charge in [-0.05, 0) is 46.2 Å². The van der Waals surface area contributed by atoms with Crippen LogP contribution in [0.4, 0.5) is 0 Å². The van der Waals surface area contributed by atoms with Gasteiger partial charge in [0.2, 0.25) is 0 Å². The SMILES string of the molecule is CCCC1(C(=O)O)CCN(CC(O)COC(C)C)CC1. The molecule has 0 saturated carbocycles. The Bertz CT molecular complexity index is 298. The molecule has 20 heavy (non-hydrogen) atoms. The van der Waals surface area contributed by atoms with E-state index in [0.717, 1.165) is 25.9 Å². The van der Waals surface area contributed by atoms with Crippen molar-refractivity contribution in [3.63, 3.8) is 0 Å². The molecule has 1 heterocycles. The zero-order valence-electron chi connectivity index (χ0n) is 13.0. The van der Waals surface area contributed by atoms with E-state index in [1.165, 1.54) is 0 Å². The number of ether oxygens (including phenoxy) is 1. The third kappa shape index (κ3) is 5.04. The summed E-state index contributed by atoms with van der Waals surface area (Å²) in [5.74, 6) is -0.664. The first kappa shape index (κ1) is 17.4. The van der Waals surface area contributed by atoms with Crippen LogP contribution in [0.1, 0.15) is 46.5 Å². The lowest BCUT2D eigenvalue weighted by Gasteiger charge is -2.39. The maximum absolute atomic E-state index is 11.5. The quantitative estimate of drug-likeness (QED) is 0.711. The molecule has 0 aromatic rings. The number of hydrogen-bond donors (Lipinski definition) is 2. The molecule has 0 amide bonds. The Hall–Kier alpha value is -0.650. The molecule has 0 aromatic heterocycles. The predicted molar refractivity (Wildman–Crippen MR) is 77.7 cm³/mol. The number of carbonyl (C=O) groups is 1. The van der Waals surface area contributed by atoms with Crippen LogP contribution in [-0.2, 0) is 9.53 Å². The van der Waals surface area contributed by atoms with Gasteiger partial charge in [0.15, 0.2) is 0 Å². The number of aliphatic carboxylic acids is 1. The molecule has 1 unspecified atom stereocenters. The van der Waals surface area contributed by atoms with E-state index in [0.29, 0.717) is 26.0 Å². The largest absolute Gasteiger partial charge is 0.481 e. The molecule has 2 N–H and O–H groups in total. The van der Waals surface area contributed by atoms with Crippen molar-refractivity contribution in [1.29, 1.82) is 0 Å². The zero-order valence-corrected chi connectivity index (χ0v) is 13.0. The van der Waals surface area contributed by atoms with Crippen molar-refractivity contribution in [3.05, 3.63) is 0 Å². The maximum atomic E-state index is 11.5. The van der Waals surface area contributed by atoms with Gasteiger partial charge in [-0.3, -0.25) is 4.79 Å². The molecule has 1 saturated heterocycles. The van der Waals surface area contributed by atoms with Crippen molar-refractivity contribution in [3.8, 4) is 0 Å². The minimum atomic E-state index is -0.664. The van der Waals surface area contributed by atoms with Gasteiger partial charge in [0.1, 0.15) is 0 Å². The minimum Gasteiger partial charge on any atom is -0.481 e. The number of likely N-dealkylation sites (tertiary alicyclic amines) is 1. The van der Waals surface area contributed by atoms with Crippen molar-refractivity contribution < 1.29 is 19.7 Å². The Morgan fingerprint density at radius 3 is 2.40 bits per heavy atom. The molecule has 0 aliphatic carbocycles. The summed E-state index contributed by atoms with van der Waals surface area (Å²) >= 11 is 0. The Kier molecular flexibility index (Phi) is 6.92. The fourth-order valence-corrected chi connectivity index (χ4v) is 2.87. The van der Waals surface area contributed by atoms with Crippen molar-refractivity contribution in [1.82, 2.24) is 4.90 Å². The fraction of sp³-hybridized carbons (Fsp3) is 0.933. The maximum Gasteiger partial charge on any atom is 0.309 e. The van der Waals surface area contributed by atoms with Gasteiger partial charge < -0.3 is 19.8 Å². The van der Waals surface area contributed by atoms with Gasteiger partial charge in [0.05, 0.1) is 24.2 Å². The molecule has 1 aliphatic heterocycles. The summed E-state index contributed by atoms with van der Waals surface area (Å²) in [6, 6.07) is 0.